The highest BCUT2D eigenvalue weighted by atomic mass is 16.7. The van der Waals surface area contributed by atoms with Crippen LogP contribution >= 0.6 is 0 Å². The first-order chi connectivity index (χ1) is 15.6. The molecule has 0 saturated carbocycles. The highest BCUT2D eigenvalue weighted by Gasteiger charge is 2.29. The molecule has 2 aromatic carbocycles. The maximum Gasteiger partial charge on any atom is 0.359 e. The van der Waals surface area contributed by atoms with Gasteiger partial charge in [-0.15, -0.1) is 0 Å². The van der Waals surface area contributed by atoms with Gasteiger partial charge in [-0.1, -0.05) is 24.3 Å². The fourth-order valence-corrected chi connectivity index (χ4v) is 4.04. The molecule has 0 saturated heterocycles. The molecule has 8 heteroatoms. The number of esters is 1. The predicted octanol–water partition coefficient (Wildman–Crippen LogP) is 2.95. The van der Waals surface area contributed by atoms with Crippen molar-refractivity contribution in [3.63, 3.8) is 0 Å². The Hall–Kier alpha value is -3.81. The molecule has 5 rings (SSSR count). The third kappa shape index (κ3) is 3.79. The van der Waals surface area contributed by atoms with Gasteiger partial charge in [0.2, 0.25) is 6.79 Å². The Morgan fingerprint density at radius 1 is 1.12 bits per heavy atom. The van der Waals surface area contributed by atoms with Gasteiger partial charge in [0, 0.05) is 17.8 Å². The van der Waals surface area contributed by atoms with E-state index in [1.54, 1.807) is 13.0 Å². The third-order valence-electron chi connectivity index (χ3n) is 5.68. The van der Waals surface area contributed by atoms with Crippen LogP contribution in [0.2, 0.25) is 0 Å². The van der Waals surface area contributed by atoms with Crippen LogP contribution in [0.1, 0.15) is 40.7 Å². The smallest absolute Gasteiger partial charge is 0.359 e. The van der Waals surface area contributed by atoms with Crippen molar-refractivity contribution in [1.82, 2.24) is 15.1 Å². The van der Waals surface area contributed by atoms with Gasteiger partial charge in [-0.3, -0.25) is 4.79 Å². The lowest BCUT2D eigenvalue weighted by Crippen LogP contribution is -2.35. The summed E-state index contributed by atoms with van der Waals surface area (Å²) in [5.41, 5.74) is 3.99. The van der Waals surface area contributed by atoms with E-state index in [4.69, 9.17) is 14.2 Å². The van der Waals surface area contributed by atoms with Gasteiger partial charge >= 0.3 is 5.97 Å². The first kappa shape index (κ1) is 20.1. The minimum atomic E-state index is -0.949. The fourth-order valence-electron chi connectivity index (χ4n) is 4.04. The summed E-state index contributed by atoms with van der Waals surface area (Å²) in [5.74, 6) is 0.377. The number of aromatic nitrogens is 2. The zero-order valence-electron chi connectivity index (χ0n) is 17.7. The number of hydrogen-bond donors (Lipinski definition) is 1. The van der Waals surface area contributed by atoms with Gasteiger partial charge in [0.1, 0.15) is 0 Å². The minimum absolute atomic E-state index is 0.196. The average molecular weight is 433 g/mol. The van der Waals surface area contributed by atoms with Crippen LogP contribution in [0, 0.1) is 0 Å². The van der Waals surface area contributed by atoms with Gasteiger partial charge < -0.3 is 19.5 Å². The molecule has 3 aromatic rings. The molecule has 164 valence electrons. The lowest BCUT2D eigenvalue weighted by atomic mass is 10.2. The van der Waals surface area contributed by atoms with Crippen LogP contribution in [0.3, 0.4) is 0 Å². The summed E-state index contributed by atoms with van der Waals surface area (Å²) < 4.78 is 17.9. The van der Waals surface area contributed by atoms with Gasteiger partial charge in [-0.25, -0.2) is 9.48 Å². The van der Waals surface area contributed by atoms with Crippen LogP contribution in [0.15, 0.2) is 48.5 Å². The summed E-state index contributed by atoms with van der Waals surface area (Å²) in [6.07, 6.45) is 1.65. The zero-order chi connectivity index (χ0) is 22.1. The Labute approximate surface area is 185 Å². The first-order valence-corrected chi connectivity index (χ1v) is 10.6. The summed E-state index contributed by atoms with van der Waals surface area (Å²) in [6.45, 7) is 2.04. The van der Waals surface area contributed by atoms with Gasteiger partial charge in [0.25, 0.3) is 5.91 Å². The summed E-state index contributed by atoms with van der Waals surface area (Å²) in [6, 6.07) is 15.2. The molecule has 32 heavy (non-hydrogen) atoms. The molecule has 0 spiro atoms. The first-order valence-electron chi connectivity index (χ1n) is 10.6. The van der Waals surface area contributed by atoms with Crippen molar-refractivity contribution >= 4 is 11.9 Å². The molecule has 2 aliphatic rings. The van der Waals surface area contributed by atoms with Crippen molar-refractivity contribution in [3.05, 3.63) is 71.0 Å². The van der Waals surface area contributed by atoms with Gasteiger partial charge in [0.05, 0.1) is 5.69 Å². The highest BCUT2D eigenvalue weighted by molar-refractivity contribution is 5.92. The molecule has 1 atom stereocenters. The Balaban J connectivity index is 1.24. The number of amides is 1. The molecule has 1 unspecified atom stereocenters. The van der Waals surface area contributed by atoms with E-state index in [1.165, 1.54) is 0 Å². The second kappa shape index (κ2) is 8.37. The Bertz CT molecular complexity index is 1170. The van der Waals surface area contributed by atoms with Crippen LogP contribution in [0.25, 0.3) is 5.69 Å². The Kier molecular flexibility index (Phi) is 5.26. The monoisotopic (exact) mass is 433 g/mol. The van der Waals surface area contributed by atoms with Crippen LogP contribution in [-0.4, -0.2) is 34.6 Å². The number of ether oxygens (including phenoxy) is 3. The largest absolute Gasteiger partial charge is 0.454 e. The molecular formula is C24H23N3O5. The molecule has 1 aromatic heterocycles. The molecule has 1 aliphatic heterocycles. The second-order valence-electron chi connectivity index (χ2n) is 7.83. The van der Waals surface area contributed by atoms with Crippen molar-refractivity contribution in [3.8, 4) is 17.2 Å². The van der Waals surface area contributed by atoms with Crippen molar-refractivity contribution < 1.29 is 23.8 Å². The van der Waals surface area contributed by atoms with Crippen LogP contribution in [0.4, 0.5) is 0 Å². The highest BCUT2D eigenvalue weighted by Crippen LogP contribution is 2.32. The van der Waals surface area contributed by atoms with E-state index < -0.39 is 12.1 Å². The standard InChI is InChI=1S/C24H23N3O5/c1-15(23(28)25-13-16-10-11-20-21(12-16)31-14-30-20)32-24(29)22-18-8-5-9-19(18)27(26-22)17-6-3-2-4-7-17/h2-4,6-7,10-12,15H,5,8-9,13-14H2,1H3,(H,25,28). The van der Waals surface area contributed by atoms with E-state index in [1.807, 2.05) is 47.1 Å². The number of rotatable bonds is 6. The number of hydrogen-bond acceptors (Lipinski definition) is 6. The van der Waals surface area contributed by atoms with E-state index in [0.717, 1.165) is 41.8 Å². The maximum absolute atomic E-state index is 12.9. The van der Waals surface area contributed by atoms with Gasteiger partial charge in [-0.2, -0.15) is 5.10 Å². The molecule has 1 amide bonds. The average Bonchev–Trinajstić information content (AvgIpc) is 3.54. The number of carbonyl (C=O) groups excluding carboxylic acids is 2. The summed E-state index contributed by atoms with van der Waals surface area (Å²) >= 11 is 0. The molecular weight excluding hydrogens is 410 g/mol. The summed E-state index contributed by atoms with van der Waals surface area (Å²) in [5, 5.41) is 7.32. The Morgan fingerprint density at radius 2 is 1.94 bits per heavy atom. The third-order valence-corrected chi connectivity index (χ3v) is 5.68. The molecule has 0 radical (unpaired) electrons. The van der Waals surface area contributed by atoms with Crippen molar-refractivity contribution in [2.75, 3.05) is 6.79 Å². The molecule has 1 N–H and O–H groups in total. The lowest BCUT2D eigenvalue weighted by molar-refractivity contribution is -0.129. The number of para-hydroxylation sites is 1. The second-order valence-corrected chi connectivity index (χ2v) is 7.83. The van der Waals surface area contributed by atoms with E-state index in [-0.39, 0.29) is 24.9 Å². The van der Waals surface area contributed by atoms with E-state index in [0.29, 0.717) is 11.5 Å². The SMILES string of the molecule is CC(OC(=O)c1nn(-c2ccccc2)c2c1CCC2)C(=O)NCc1ccc2c(c1)OCO2. The number of nitrogens with one attached hydrogen (secondary N) is 1. The normalized spacial score (nSPS) is 14.7. The topological polar surface area (TPSA) is 91.7 Å². The van der Waals surface area contributed by atoms with E-state index in [9.17, 15) is 9.59 Å². The molecule has 0 fully saturated rings. The molecule has 8 nitrogen and oxygen atoms in total. The van der Waals surface area contributed by atoms with Crippen LogP contribution in [-0.2, 0) is 28.9 Å². The van der Waals surface area contributed by atoms with Crippen LogP contribution in [0.5, 0.6) is 11.5 Å². The van der Waals surface area contributed by atoms with E-state index >= 15 is 0 Å². The van der Waals surface area contributed by atoms with Crippen molar-refractivity contribution in [1.29, 1.82) is 0 Å². The lowest BCUT2D eigenvalue weighted by Gasteiger charge is -2.13. The van der Waals surface area contributed by atoms with Crippen molar-refractivity contribution in [2.45, 2.75) is 38.8 Å². The van der Waals surface area contributed by atoms with Crippen molar-refractivity contribution in [2.24, 2.45) is 0 Å². The predicted molar refractivity (Wildman–Crippen MR) is 115 cm³/mol. The number of nitrogens with zero attached hydrogens (tertiary/aromatic N) is 2. The minimum Gasteiger partial charge on any atom is -0.454 e. The van der Waals surface area contributed by atoms with Gasteiger partial charge in [0.15, 0.2) is 23.3 Å². The number of fused-ring (bicyclic) bond motifs is 2. The van der Waals surface area contributed by atoms with E-state index in [2.05, 4.69) is 10.4 Å². The maximum atomic E-state index is 12.9. The fraction of sp³-hybridized carbons (Fsp3) is 0.292. The summed E-state index contributed by atoms with van der Waals surface area (Å²) in [4.78, 5) is 25.4. The molecule has 2 heterocycles. The number of benzene rings is 2. The van der Waals surface area contributed by atoms with Gasteiger partial charge in [-0.05, 0) is 56.0 Å². The number of carbonyl (C=O) groups is 2. The quantitative estimate of drug-likeness (QED) is 0.601. The molecule has 0 bridgehead atoms. The Morgan fingerprint density at radius 3 is 2.78 bits per heavy atom. The van der Waals surface area contributed by atoms with Crippen LogP contribution < -0.4 is 14.8 Å². The summed E-state index contributed by atoms with van der Waals surface area (Å²) in [7, 11) is 0. The molecule has 1 aliphatic carbocycles. The zero-order valence-corrected chi connectivity index (χ0v) is 17.7.